The zero-order chi connectivity index (χ0) is 16.0. The summed E-state index contributed by atoms with van der Waals surface area (Å²) in [5.41, 5.74) is -0.171. The van der Waals surface area contributed by atoms with E-state index in [1.54, 1.807) is 0 Å². The number of nitrogens with one attached hydrogen (secondary N) is 1. The van der Waals surface area contributed by atoms with Crippen LogP contribution in [0, 0.1) is 11.3 Å². The van der Waals surface area contributed by atoms with Gasteiger partial charge in [0.05, 0.1) is 24.4 Å². The molecule has 7 heteroatoms. The lowest BCUT2D eigenvalue weighted by Gasteiger charge is -2.23. The predicted octanol–water partition coefficient (Wildman–Crippen LogP) is 1.47. The number of hydrogen-bond acceptors (Lipinski definition) is 4. The second-order valence-corrected chi connectivity index (χ2v) is 8.31. The van der Waals surface area contributed by atoms with E-state index in [0.717, 1.165) is 0 Å². The van der Waals surface area contributed by atoms with Gasteiger partial charge in [-0.05, 0) is 25.7 Å². The first-order valence-electron chi connectivity index (χ1n) is 6.75. The van der Waals surface area contributed by atoms with Gasteiger partial charge in [0.2, 0.25) is 10.0 Å². The van der Waals surface area contributed by atoms with Crippen molar-refractivity contribution in [2.45, 2.75) is 47.1 Å². The van der Waals surface area contributed by atoms with E-state index in [2.05, 4.69) is 4.72 Å². The molecule has 0 aliphatic heterocycles. The number of carboxylic acid groups (broad SMARTS) is 1. The van der Waals surface area contributed by atoms with Crippen molar-refractivity contribution in [3.63, 3.8) is 0 Å². The van der Waals surface area contributed by atoms with Gasteiger partial charge in [0.1, 0.15) is 0 Å². The molecule has 120 valence electrons. The minimum absolute atomic E-state index is 0.0298. The maximum absolute atomic E-state index is 11.7. The molecule has 0 saturated heterocycles. The van der Waals surface area contributed by atoms with E-state index < -0.39 is 21.9 Å². The molecule has 6 nitrogen and oxygen atoms in total. The van der Waals surface area contributed by atoms with Gasteiger partial charge < -0.3 is 9.84 Å². The van der Waals surface area contributed by atoms with Crippen molar-refractivity contribution >= 4 is 16.0 Å². The van der Waals surface area contributed by atoms with Crippen LogP contribution in [-0.2, 0) is 19.6 Å². The predicted molar refractivity (Wildman–Crippen MR) is 78.1 cm³/mol. The van der Waals surface area contributed by atoms with Gasteiger partial charge in [-0.2, -0.15) is 0 Å². The van der Waals surface area contributed by atoms with E-state index in [1.807, 2.05) is 34.6 Å². The largest absolute Gasteiger partial charge is 0.481 e. The van der Waals surface area contributed by atoms with Gasteiger partial charge in [0.25, 0.3) is 0 Å². The van der Waals surface area contributed by atoms with Crippen molar-refractivity contribution < 1.29 is 23.1 Å². The molecule has 0 aliphatic rings. The van der Waals surface area contributed by atoms with Crippen LogP contribution in [0.3, 0.4) is 0 Å². The summed E-state index contributed by atoms with van der Waals surface area (Å²) in [6, 6.07) is 0. The Morgan fingerprint density at radius 1 is 1.30 bits per heavy atom. The highest BCUT2D eigenvalue weighted by Crippen LogP contribution is 2.24. The number of sulfonamides is 1. The second-order valence-electron chi connectivity index (χ2n) is 6.39. The molecule has 20 heavy (non-hydrogen) atoms. The summed E-state index contributed by atoms with van der Waals surface area (Å²) < 4.78 is 31.0. The van der Waals surface area contributed by atoms with Gasteiger partial charge in [0.15, 0.2) is 0 Å². The van der Waals surface area contributed by atoms with E-state index in [9.17, 15) is 13.2 Å². The van der Waals surface area contributed by atoms with Gasteiger partial charge in [-0.3, -0.25) is 4.79 Å². The molecule has 0 rings (SSSR count). The van der Waals surface area contributed by atoms with Crippen molar-refractivity contribution in [3.05, 3.63) is 0 Å². The standard InChI is InChI=1S/C13H27NO5S/c1-10(2)19-6-7-20(17,18)14-9-11(12(15)16)8-13(3,4)5/h10-11,14H,6-9H2,1-5H3,(H,15,16). The van der Waals surface area contributed by atoms with Crippen LogP contribution in [0.4, 0.5) is 0 Å². The van der Waals surface area contributed by atoms with E-state index in [0.29, 0.717) is 6.42 Å². The molecular weight excluding hydrogens is 282 g/mol. The summed E-state index contributed by atoms with van der Waals surface area (Å²) in [5, 5.41) is 9.12. The average Bonchev–Trinajstić information content (AvgIpc) is 2.21. The summed E-state index contributed by atoms with van der Waals surface area (Å²) in [5.74, 6) is -1.87. The average molecular weight is 309 g/mol. The molecule has 0 spiro atoms. The monoisotopic (exact) mass is 309 g/mol. The van der Waals surface area contributed by atoms with Gasteiger partial charge in [-0.25, -0.2) is 13.1 Å². The van der Waals surface area contributed by atoms with Crippen LogP contribution < -0.4 is 4.72 Å². The van der Waals surface area contributed by atoms with Crippen LogP contribution in [-0.4, -0.2) is 44.5 Å². The first kappa shape index (κ1) is 19.3. The topological polar surface area (TPSA) is 92.7 Å². The molecule has 0 fully saturated rings. The highest BCUT2D eigenvalue weighted by Gasteiger charge is 2.26. The molecule has 1 atom stereocenters. The molecule has 0 saturated carbocycles. The Kier molecular flexibility index (Phi) is 7.69. The number of carbonyl (C=O) groups is 1. The maximum atomic E-state index is 11.7. The Morgan fingerprint density at radius 2 is 1.85 bits per heavy atom. The van der Waals surface area contributed by atoms with Crippen molar-refractivity contribution in [2.24, 2.45) is 11.3 Å². The summed E-state index contributed by atoms with van der Waals surface area (Å²) in [4.78, 5) is 11.1. The molecule has 0 aromatic rings. The van der Waals surface area contributed by atoms with Crippen molar-refractivity contribution in [1.29, 1.82) is 0 Å². The van der Waals surface area contributed by atoms with Gasteiger partial charge in [-0.1, -0.05) is 20.8 Å². The van der Waals surface area contributed by atoms with Crippen molar-refractivity contribution in [2.75, 3.05) is 18.9 Å². The van der Waals surface area contributed by atoms with Crippen LogP contribution in [0.1, 0.15) is 41.0 Å². The molecule has 0 heterocycles. The summed E-state index contributed by atoms with van der Waals surface area (Å²) in [7, 11) is -3.50. The van der Waals surface area contributed by atoms with Gasteiger partial charge in [0, 0.05) is 6.54 Å². The van der Waals surface area contributed by atoms with Crippen LogP contribution in [0.25, 0.3) is 0 Å². The zero-order valence-electron chi connectivity index (χ0n) is 13.0. The van der Waals surface area contributed by atoms with Crippen LogP contribution in [0.15, 0.2) is 0 Å². The van der Waals surface area contributed by atoms with Crippen LogP contribution >= 0.6 is 0 Å². The highest BCUT2D eigenvalue weighted by molar-refractivity contribution is 7.89. The fourth-order valence-corrected chi connectivity index (χ4v) is 2.59. The van der Waals surface area contributed by atoms with Crippen LogP contribution in [0.2, 0.25) is 0 Å². The number of carboxylic acids is 1. The molecule has 0 bridgehead atoms. The molecular formula is C13H27NO5S. The molecule has 0 amide bonds. The van der Waals surface area contributed by atoms with E-state index in [4.69, 9.17) is 9.84 Å². The first-order valence-corrected chi connectivity index (χ1v) is 8.40. The molecule has 2 N–H and O–H groups in total. The maximum Gasteiger partial charge on any atom is 0.307 e. The first-order chi connectivity index (χ1) is 8.93. The Labute approximate surface area is 121 Å². The second kappa shape index (κ2) is 7.95. The van der Waals surface area contributed by atoms with E-state index in [1.165, 1.54) is 0 Å². The van der Waals surface area contributed by atoms with Crippen LogP contribution in [0.5, 0.6) is 0 Å². The number of aliphatic carboxylic acids is 1. The minimum Gasteiger partial charge on any atom is -0.481 e. The highest BCUT2D eigenvalue weighted by atomic mass is 32.2. The van der Waals surface area contributed by atoms with Crippen molar-refractivity contribution in [1.82, 2.24) is 4.72 Å². The van der Waals surface area contributed by atoms with Gasteiger partial charge >= 0.3 is 5.97 Å². The fourth-order valence-electron chi connectivity index (χ4n) is 1.68. The van der Waals surface area contributed by atoms with Gasteiger partial charge in [-0.15, -0.1) is 0 Å². The fraction of sp³-hybridized carbons (Fsp3) is 0.923. The summed E-state index contributed by atoms with van der Waals surface area (Å²) >= 11 is 0. The SMILES string of the molecule is CC(C)OCCS(=O)(=O)NCC(CC(C)(C)C)C(=O)O. The Balaban J connectivity index is 4.36. The third-order valence-electron chi connectivity index (χ3n) is 2.56. The molecule has 0 aliphatic carbocycles. The number of rotatable bonds is 9. The van der Waals surface area contributed by atoms with Crippen molar-refractivity contribution in [3.8, 4) is 0 Å². The summed E-state index contributed by atoms with van der Waals surface area (Å²) in [6.07, 6.45) is 0.380. The minimum atomic E-state index is -3.50. The smallest absolute Gasteiger partial charge is 0.307 e. The number of ether oxygens (including phenoxy) is 1. The molecule has 0 aromatic carbocycles. The Morgan fingerprint density at radius 3 is 2.25 bits per heavy atom. The lowest BCUT2D eigenvalue weighted by atomic mass is 9.85. The normalized spacial score (nSPS) is 14.5. The third kappa shape index (κ3) is 10.2. The summed E-state index contributed by atoms with van der Waals surface area (Å²) in [6.45, 7) is 9.43. The number of hydrogen-bond donors (Lipinski definition) is 2. The quantitative estimate of drug-likeness (QED) is 0.673. The zero-order valence-corrected chi connectivity index (χ0v) is 13.8. The van der Waals surface area contributed by atoms with E-state index >= 15 is 0 Å². The lowest BCUT2D eigenvalue weighted by Crippen LogP contribution is -2.37. The molecule has 0 radical (unpaired) electrons. The van der Waals surface area contributed by atoms with E-state index in [-0.39, 0.29) is 30.4 Å². The Bertz CT molecular complexity index is 397. The molecule has 1 unspecified atom stereocenters. The Hall–Kier alpha value is -0.660. The molecule has 0 aromatic heterocycles. The third-order valence-corrected chi connectivity index (χ3v) is 3.87. The lowest BCUT2D eigenvalue weighted by molar-refractivity contribution is -0.142.